The number of carbonyl (C=O) groups is 1. The number of hydrogen-bond acceptors (Lipinski definition) is 5. The van der Waals surface area contributed by atoms with Crippen LogP contribution in [-0.2, 0) is 9.63 Å². The Hall–Kier alpha value is -2.68. The number of nitrogens with zero attached hydrogens (tertiary/aromatic N) is 2. The van der Waals surface area contributed by atoms with Gasteiger partial charge in [0.05, 0.1) is 16.8 Å². The van der Waals surface area contributed by atoms with Crippen molar-refractivity contribution >= 4 is 56.6 Å². The monoisotopic (exact) mass is 445 g/mol. The molecule has 25 heavy (non-hydrogen) atoms. The maximum Gasteiger partial charge on any atom is 0.332 e. The van der Waals surface area contributed by atoms with Crippen LogP contribution in [0.5, 0.6) is 5.88 Å². The molecule has 6 nitrogen and oxygen atoms in total. The van der Waals surface area contributed by atoms with Gasteiger partial charge in [-0.15, -0.1) is 0 Å². The Morgan fingerprint density at radius 2 is 2.04 bits per heavy atom. The highest BCUT2D eigenvalue weighted by Crippen LogP contribution is 2.36. The summed E-state index contributed by atoms with van der Waals surface area (Å²) in [6.07, 6.45) is 0. The highest BCUT2D eigenvalue weighted by atomic mass is 127. The van der Waals surface area contributed by atoms with E-state index < -0.39 is 5.97 Å². The summed E-state index contributed by atoms with van der Waals surface area (Å²) in [4.78, 5) is 23.7. The van der Waals surface area contributed by atoms with Crippen LogP contribution >= 0.6 is 22.6 Å². The van der Waals surface area contributed by atoms with Gasteiger partial charge in [0.2, 0.25) is 0 Å². The topological polar surface area (TPSA) is 87.0 Å². The second kappa shape index (κ2) is 5.99. The van der Waals surface area contributed by atoms with E-state index in [-0.39, 0.29) is 5.88 Å². The number of halogens is 1. The Labute approximate surface area is 156 Å². The summed E-state index contributed by atoms with van der Waals surface area (Å²) in [5.74, 6) is -0.518. The number of hydrogen-bond donors (Lipinski definition) is 2. The van der Waals surface area contributed by atoms with E-state index >= 15 is 0 Å². The van der Waals surface area contributed by atoms with Crippen LogP contribution in [0, 0.1) is 3.57 Å². The number of fused-ring (bicyclic) bond motifs is 2. The van der Waals surface area contributed by atoms with Gasteiger partial charge in [-0.1, -0.05) is 35.5 Å². The number of benzene rings is 2. The highest BCUT2D eigenvalue weighted by molar-refractivity contribution is 14.1. The van der Waals surface area contributed by atoms with Crippen LogP contribution in [-0.4, -0.2) is 27.5 Å². The zero-order valence-corrected chi connectivity index (χ0v) is 15.2. The predicted molar refractivity (Wildman–Crippen MR) is 104 cm³/mol. The summed E-state index contributed by atoms with van der Waals surface area (Å²) < 4.78 is 0.978. The average Bonchev–Trinajstić information content (AvgIpc) is 3.10. The van der Waals surface area contributed by atoms with Gasteiger partial charge in [-0.25, -0.2) is 9.79 Å². The number of rotatable bonds is 2. The Morgan fingerprint density at radius 3 is 2.84 bits per heavy atom. The molecule has 0 atom stereocenters. The normalized spacial score (nSPS) is 14.6. The molecule has 0 aliphatic carbocycles. The molecule has 4 rings (SSSR count). The predicted octanol–water partition coefficient (Wildman–Crippen LogP) is 3.88. The molecule has 7 heteroatoms. The molecule has 3 aromatic rings. The third-order valence-corrected chi connectivity index (χ3v) is 4.78. The molecule has 2 aromatic carbocycles. The molecule has 1 aromatic heterocycles. The van der Waals surface area contributed by atoms with Gasteiger partial charge in [0, 0.05) is 21.4 Å². The zero-order chi connectivity index (χ0) is 17.6. The summed E-state index contributed by atoms with van der Waals surface area (Å²) in [7, 11) is 0. The van der Waals surface area contributed by atoms with Crippen LogP contribution in [0.3, 0.4) is 0 Å². The number of H-pyrrole nitrogens is 1. The minimum absolute atomic E-state index is 0.00111. The van der Waals surface area contributed by atoms with Gasteiger partial charge in [-0.3, -0.25) is 0 Å². The molecule has 0 unspecified atom stereocenters. The van der Waals surface area contributed by atoms with Crippen LogP contribution in [0.4, 0.5) is 5.69 Å². The summed E-state index contributed by atoms with van der Waals surface area (Å²) >= 11 is 2.20. The second-order valence-corrected chi connectivity index (χ2v) is 6.67. The van der Waals surface area contributed by atoms with Gasteiger partial charge in [-0.05, 0) is 34.7 Å². The van der Waals surface area contributed by atoms with E-state index in [1.165, 1.54) is 6.92 Å². The SMILES string of the molecule is CC(=O)O/N=C1\C(c2c(O)[nH]c3c(I)cccc23)=Nc2ccccc21. The van der Waals surface area contributed by atoms with E-state index in [2.05, 4.69) is 37.7 Å². The first-order valence-electron chi connectivity index (χ1n) is 7.50. The fraction of sp³-hybridized carbons (Fsp3) is 0.0556. The molecule has 1 aliphatic heterocycles. The van der Waals surface area contributed by atoms with Crippen LogP contribution in [0.1, 0.15) is 18.1 Å². The van der Waals surface area contributed by atoms with Gasteiger partial charge in [0.1, 0.15) is 11.4 Å². The number of aromatic nitrogens is 1. The molecule has 0 fully saturated rings. The lowest BCUT2D eigenvalue weighted by Crippen LogP contribution is -2.14. The number of aromatic amines is 1. The molecule has 2 heterocycles. The fourth-order valence-electron chi connectivity index (χ4n) is 2.86. The van der Waals surface area contributed by atoms with Crippen molar-refractivity contribution in [1.29, 1.82) is 0 Å². The van der Waals surface area contributed by atoms with Gasteiger partial charge < -0.3 is 14.9 Å². The largest absolute Gasteiger partial charge is 0.494 e. The molecular formula is C18H12IN3O3. The van der Waals surface area contributed by atoms with Crippen molar-refractivity contribution < 1.29 is 14.7 Å². The molecule has 124 valence electrons. The van der Waals surface area contributed by atoms with E-state index in [1.807, 2.05) is 42.5 Å². The minimum atomic E-state index is -0.520. The Bertz CT molecular complexity index is 1080. The lowest BCUT2D eigenvalue weighted by molar-refractivity contribution is -0.140. The number of para-hydroxylation sites is 2. The van der Waals surface area contributed by atoms with Crippen molar-refractivity contribution in [1.82, 2.24) is 4.98 Å². The first-order chi connectivity index (χ1) is 12.1. The lowest BCUT2D eigenvalue weighted by atomic mass is 10.0. The van der Waals surface area contributed by atoms with E-state index in [0.717, 1.165) is 20.0 Å². The Balaban J connectivity index is 1.96. The van der Waals surface area contributed by atoms with Crippen molar-refractivity contribution in [3.63, 3.8) is 0 Å². The van der Waals surface area contributed by atoms with Crippen molar-refractivity contribution in [3.05, 3.63) is 57.2 Å². The van der Waals surface area contributed by atoms with Crippen LogP contribution in [0.25, 0.3) is 10.9 Å². The fourth-order valence-corrected chi connectivity index (χ4v) is 3.49. The summed E-state index contributed by atoms with van der Waals surface area (Å²) in [5, 5.41) is 15.3. The minimum Gasteiger partial charge on any atom is -0.494 e. The number of aromatic hydroxyl groups is 1. The quantitative estimate of drug-likeness (QED) is 0.357. The maximum atomic E-state index is 11.2. The molecule has 0 saturated heterocycles. The van der Waals surface area contributed by atoms with Crippen LogP contribution < -0.4 is 0 Å². The number of carbonyl (C=O) groups excluding carboxylic acids is 1. The molecule has 0 bridgehead atoms. The van der Waals surface area contributed by atoms with Crippen LogP contribution in [0.15, 0.2) is 52.6 Å². The lowest BCUT2D eigenvalue weighted by Gasteiger charge is -2.03. The molecule has 0 saturated carbocycles. The molecule has 0 spiro atoms. The maximum absolute atomic E-state index is 11.2. The van der Waals surface area contributed by atoms with Crippen molar-refractivity contribution in [2.45, 2.75) is 6.92 Å². The standard InChI is InChI=1S/C18H12IN3O3/c1-9(23)25-22-16-10-5-2-3-8-13(10)20-17(16)14-11-6-4-7-12(19)15(11)21-18(14)24/h2-8,21,24H,1H3/b22-16-. The van der Waals surface area contributed by atoms with E-state index in [9.17, 15) is 9.90 Å². The van der Waals surface area contributed by atoms with Crippen molar-refractivity contribution in [2.75, 3.05) is 0 Å². The Morgan fingerprint density at radius 1 is 1.24 bits per heavy atom. The van der Waals surface area contributed by atoms with E-state index in [0.29, 0.717) is 22.7 Å². The average molecular weight is 445 g/mol. The van der Waals surface area contributed by atoms with Gasteiger partial charge in [0.25, 0.3) is 0 Å². The molecule has 1 aliphatic rings. The van der Waals surface area contributed by atoms with Crippen molar-refractivity contribution in [2.24, 2.45) is 10.1 Å². The number of oxime groups is 1. The molecular weight excluding hydrogens is 433 g/mol. The summed E-state index contributed by atoms with van der Waals surface area (Å²) in [5.41, 5.74) is 3.70. The summed E-state index contributed by atoms with van der Waals surface area (Å²) in [6, 6.07) is 13.2. The smallest absolute Gasteiger partial charge is 0.332 e. The van der Waals surface area contributed by atoms with Gasteiger partial charge >= 0.3 is 5.97 Å². The van der Waals surface area contributed by atoms with Gasteiger partial charge in [-0.2, -0.15) is 0 Å². The van der Waals surface area contributed by atoms with Crippen LogP contribution in [0.2, 0.25) is 0 Å². The molecule has 0 amide bonds. The van der Waals surface area contributed by atoms with E-state index in [1.54, 1.807) is 0 Å². The summed E-state index contributed by atoms with van der Waals surface area (Å²) in [6.45, 7) is 1.28. The molecule has 0 radical (unpaired) electrons. The second-order valence-electron chi connectivity index (χ2n) is 5.51. The first-order valence-corrected chi connectivity index (χ1v) is 8.57. The number of aliphatic imine (C=N–C) groups is 1. The molecule has 2 N–H and O–H groups in total. The van der Waals surface area contributed by atoms with Gasteiger partial charge in [0.15, 0.2) is 5.88 Å². The highest BCUT2D eigenvalue weighted by Gasteiger charge is 2.29. The van der Waals surface area contributed by atoms with E-state index in [4.69, 9.17) is 4.84 Å². The first kappa shape index (κ1) is 15.8. The third-order valence-electron chi connectivity index (χ3n) is 3.88. The zero-order valence-electron chi connectivity index (χ0n) is 13.1. The number of nitrogens with one attached hydrogen (secondary N) is 1. The van der Waals surface area contributed by atoms with Crippen molar-refractivity contribution in [3.8, 4) is 5.88 Å². The Kier molecular flexibility index (Phi) is 3.79. The third kappa shape index (κ3) is 2.60.